The average molecular weight is 398 g/mol. The lowest BCUT2D eigenvalue weighted by molar-refractivity contribution is 0.257. The Morgan fingerprint density at radius 3 is 2.54 bits per heavy atom. The molecule has 1 N–H and O–H groups in total. The summed E-state index contributed by atoms with van der Waals surface area (Å²) in [5.74, 6) is 1.19. The number of thiazole rings is 1. The van der Waals surface area contributed by atoms with Crippen LogP contribution in [0.15, 0.2) is 47.8 Å². The molecule has 2 aromatic carbocycles. The Hall–Kier alpha value is -3.06. The number of amides is 2. The highest BCUT2D eigenvalue weighted by Crippen LogP contribution is 2.31. The molecule has 146 valence electrons. The number of nitrogens with one attached hydrogen (secondary N) is 1. The monoisotopic (exact) mass is 397 g/mol. The molecular weight excluding hydrogens is 374 g/mol. The van der Waals surface area contributed by atoms with E-state index in [1.807, 2.05) is 43.5 Å². The minimum absolute atomic E-state index is 0.279. The predicted octanol–water partition coefficient (Wildman–Crippen LogP) is 5.19. The van der Waals surface area contributed by atoms with E-state index in [0.29, 0.717) is 28.9 Å². The van der Waals surface area contributed by atoms with Gasteiger partial charge in [-0.05, 0) is 26.0 Å². The lowest BCUT2D eigenvalue weighted by Crippen LogP contribution is -2.34. The van der Waals surface area contributed by atoms with Crippen LogP contribution in [0.5, 0.6) is 11.5 Å². The van der Waals surface area contributed by atoms with E-state index in [9.17, 15) is 4.79 Å². The average Bonchev–Trinajstić information content (AvgIpc) is 3.18. The smallest absolute Gasteiger partial charge is 0.328 e. The zero-order chi connectivity index (χ0) is 20.1. The highest BCUT2D eigenvalue weighted by molar-refractivity contribution is 7.14. The van der Waals surface area contributed by atoms with Crippen molar-refractivity contribution in [2.75, 3.05) is 31.0 Å². The van der Waals surface area contributed by atoms with Crippen LogP contribution in [0.4, 0.5) is 15.6 Å². The van der Waals surface area contributed by atoms with E-state index in [1.54, 1.807) is 37.3 Å². The number of aromatic nitrogens is 1. The second-order valence-electron chi connectivity index (χ2n) is 6.12. The molecule has 0 spiro atoms. The molecule has 0 aliphatic rings. The van der Waals surface area contributed by atoms with Crippen LogP contribution in [0.2, 0.25) is 0 Å². The molecule has 0 unspecified atom stereocenters. The number of hydrogen-bond acceptors (Lipinski definition) is 5. The molecule has 0 saturated carbocycles. The lowest BCUT2D eigenvalue weighted by Gasteiger charge is -2.19. The first kappa shape index (κ1) is 19.7. The van der Waals surface area contributed by atoms with Gasteiger partial charge in [-0.15, -0.1) is 11.3 Å². The summed E-state index contributed by atoms with van der Waals surface area (Å²) in [5, 5.41) is 5.49. The number of aryl methyl sites for hydroxylation is 1. The molecule has 0 aliphatic carbocycles. The number of rotatable bonds is 6. The van der Waals surface area contributed by atoms with E-state index >= 15 is 0 Å². The van der Waals surface area contributed by atoms with Crippen molar-refractivity contribution in [3.05, 3.63) is 53.4 Å². The van der Waals surface area contributed by atoms with Gasteiger partial charge in [0, 0.05) is 23.6 Å². The van der Waals surface area contributed by atoms with E-state index in [2.05, 4.69) is 10.3 Å². The van der Waals surface area contributed by atoms with E-state index in [4.69, 9.17) is 9.47 Å². The van der Waals surface area contributed by atoms with Crippen molar-refractivity contribution >= 4 is 28.2 Å². The standard InChI is InChI=1S/C21H23N3O3S/c1-5-24(20(25)22-17-12-16(26-3)10-11-19(17)27-4)21-23-18(13-28-21)15-8-6-14(2)7-9-15/h6-13H,5H2,1-4H3,(H,22,25). The van der Waals surface area contributed by atoms with E-state index < -0.39 is 0 Å². The van der Waals surface area contributed by atoms with Gasteiger partial charge >= 0.3 is 6.03 Å². The Morgan fingerprint density at radius 1 is 1.14 bits per heavy atom. The molecule has 0 radical (unpaired) electrons. The van der Waals surface area contributed by atoms with Gasteiger partial charge in [-0.2, -0.15) is 0 Å². The zero-order valence-corrected chi connectivity index (χ0v) is 17.2. The summed E-state index contributed by atoms with van der Waals surface area (Å²) < 4.78 is 10.6. The van der Waals surface area contributed by atoms with Gasteiger partial charge in [0.1, 0.15) is 11.5 Å². The third-order valence-corrected chi connectivity index (χ3v) is 5.14. The summed E-state index contributed by atoms with van der Waals surface area (Å²) in [5.41, 5.74) is 3.62. The van der Waals surface area contributed by atoms with Crippen LogP contribution in [0.3, 0.4) is 0 Å². The normalized spacial score (nSPS) is 10.4. The predicted molar refractivity (Wildman–Crippen MR) is 114 cm³/mol. The molecule has 2 amide bonds. The zero-order valence-electron chi connectivity index (χ0n) is 16.4. The third-order valence-electron chi connectivity index (χ3n) is 4.28. The van der Waals surface area contributed by atoms with Crippen molar-refractivity contribution in [3.63, 3.8) is 0 Å². The molecule has 1 heterocycles. The lowest BCUT2D eigenvalue weighted by atomic mass is 10.1. The fraction of sp³-hybridized carbons (Fsp3) is 0.238. The molecule has 1 aromatic heterocycles. The number of nitrogens with zero attached hydrogens (tertiary/aromatic N) is 2. The van der Waals surface area contributed by atoms with Crippen molar-refractivity contribution in [2.45, 2.75) is 13.8 Å². The van der Waals surface area contributed by atoms with Crippen LogP contribution in [-0.4, -0.2) is 31.8 Å². The van der Waals surface area contributed by atoms with Crippen molar-refractivity contribution in [3.8, 4) is 22.8 Å². The largest absolute Gasteiger partial charge is 0.497 e. The minimum atomic E-state index is -0.279. The van der Waals surface area contributed by atoms with Gasteiger partial charge < -0.3 is 14.8 Å². The number of carbonyl (C=O) groups excluding carboxylic acids is 1. The minimum Gasteiger partial charge on any atom is -0.497 e. The summed E-state index contributed by atoms with van der Waals surface area (Å²) in [4.78, 5) is 19.1. The maximum atomic E-state index is 12.9. The quantitative estimate of drug-likeness (QED) is 0.621. The van der Waals surface area contributed by atoms with Gasteiger partial charge in [-0.1, -0.05) is 29.8 Å². The molecule has 0 aliphatic heterocycles. The molecule has 7 heteroatoms. The molecule has 0 atom stereocenters. The molecule has 0 bridgehead atoms. The molecule has 3 aromatic rings. The maximum absolute atomic E-state index is 12.9. The molecule has 0 fully saturated rings. The number of anilines is 2. The number of methoxy groups -OCH3 is 2. The van der Waals surface area contributed by atoms with Gasteiger partial charge in [-0.25, -0.2) is 9.78 Å². The Kier molecular flexibility index (Phi) is 6.16. The summed E-state index contributed by atoms with van der Waals surface area (Å²) in [6, 6.07) is 13.1. The number of urea groups is 1. The second-order valence-corrected chi connectivity index (χ2v) is 6.96. The summed E-state index contributed by atoms with van der Waals surface area (Å²) >= 11 is 1.44. The van der Waals surface area contributed by atoms with Crippen LogP contribution in [0.1, 0.15) is 12.5 Å². The van der Waals surface area contributed by atoms with Crippen LogP contribution in [0, 0.1) is 6.92 Å². The first-order valence-corrected chi connectivity index (χ1v) is 9.76. The highest BCUT2D eigenvalue weighted by atomic mass is 32.1. The Labute approximate surface area is 168 Å². The molecule has 3 rings (SSSR count). The summed E-state index contributed by atoms with van der Waals surface area (Å²) in [6.07, 6.45) is 0. The van der Waals surface area contributed by atoms with Crippen LogP contribution >= 0.6 is 11.3 Å². The first-order valence-electron chi connectivity index (χ1n) is 8.88. The summed E-state index contributed by atoms with van der Waals surface area (Å²) in [6.45, 7) is 4.45. The number of benzene rings is 2. The van der Waals surface area contributed by atoms with Gasteiger partial charge in [0.25, 0.3) is 0 Å². The Bertz CT molecular complexity index is 954. The third kappa shape index (κ3) is 4.26. The molecule has 6 nitrogen and oxygen atoms in total. The van der Waals surface area contributed by atoms with Gasteiger partial charge in [-0.3, -0.25) is 4.90 Å². The van der Waals surface area contributed by atoms with E-state index in [-0.39, 0.29) is 6.03 Å². The van der Waals surface area contributed by atoms with Crippen molar-refractivity contribution in [1.29, 1.82) is 0 Å². The fourth-order valence-electron chi connectivity index (χ4n) is 2.71. The van der Waals surface area contributed by atoms with Crippen molar-refractivity contribution < 1.29 is 14.3 Å². The van der Waals surface area contributed by atoms with Crippen LogP contribution in [-0.2, 0) is 0 Å². The van der Waals surface area contributed by atoms with Crippen LogP contribution < -0.4 is 19.7 Å². The topological polar surface area (TPSA) is 63.7 Å². The van der Waals surface area contributed by atoms with Gasteiger partial charge in [0.2, 0.25) is 0 Å². The summed E-state index contributed by atoms with van der Waals surface area (Å²) in [7, 11) is 3.14. The number of ether oxygens (including phenoxy) is 2. The maximum Gasteiger partial charge on any atom is 0.328 e. The van der Waals surface area contributed by atoms with Gasteiger partial charge in [0.05, 0.1) is 25.6 Å². The van der Waals surface area contributed by atoms with Gasteiger partial charge in [0.15, 0.2) is 5.13 Å². The number of hydrogen-bond donors (Lipinski definition) is 1. The number of carbonyl (C=O) groups is 1. The highest BCUT2D eigenvalue weighted by Gasteiger charge is 2.19. The molecule has 0 saturated heterocycles. The molecule has 28 heavy (non-hydrogen) atoms. The van der Waals surface area contributed by atoms with E-state index in [0.717, 1.165) is 11.3 Å². The van der Waals surface area contributed by atoms with Crippen molar-refractivity contribution in [1.82, 2.24) is 4.98 Å². The fourth-order valence-corrected chi connectivity index (χ4v) is 3.60. The van der Waals surface area contributed by atoms with E-state index in [1.165, 1.54) is 16.9 Å². The Morgan fingerprint density at radius 2 is 1.89 bits per heavy atom. The van der Waals surface area contributed by atoms with Crippen LogP contribution in [0.25, 0.3) is 11.3 Å². The SMILES string of the molecule is CCN(C(=O)Nc1cc(OC)ccc1OC)c1nc(-c2ccc(C)cc2)cs1. The Balaban J connectivity index is 1.82. The van der Waals surface area contributed by atoms with Crippen molar-refractivity contribution in [2.24, 2.45) is 0 Å². The second kappa shape index (κ2) is 8.75. The first-order chi connectivity index (χ1) is 13.5. The molecular formula is C21H23N3O3S.